The van der Waals surface area contributed by atoms with Crippen molar-refractivity contribution in [2.75, 3.05) is 18.0 Å². The molecule has 2 aliphatic rings. The van der Waals surface area contributed by atoms with Crippen molar-refractivity contribution in [2.45, 2.75) is 34.1 Å². The van der Waals surface area contributed by atoms with E-state index in [0.717, 1.165) is 35.5 Å². The van der Waals surface area contributed by atoms with E-state index >= 15 is 0 Å². The molecular weight excluding hydrogens is 368 g/mol. The molecule has 4 rings (SSSR count). The van der Waals surface area contributed by atoms with E-state index in [-0.39, 0.29) is 11.8 Å². The van der Waals surface area contributed by atoms with Gasteiger partial charge in [0, 0.05) is 18.0 Å². The van der Waals surface area contributed by atoms with E-state index in [1.165, 1.54) is 16.2 Å². The second-order valence-corrected chi connectivity index (χ2v) is 9.24. The van der Waals surface area contributed by atoms with E-state index in [2.05, 4.69) is 18.7 Å². The highest BCUT2D eigenvalue weighted by Crippen LogP contribution is 2.39. The van der Waals surface area contributed by atoms with Crippen LogP contribution in [0.25, 0.3) is 5.57 Å². The van der Waals surface area contributed by atoms with Crippen LogP contribution in [0.1, 0.15) is 36.3 Å². The van der Waals surface area contributed by atoms with Crippen LogP contribution in [0.15, 0.2) is 41.4 Å². The summed E-state index contributed by atoms with van der Waals surface area (Å²) in [5.41, 5.74) is 3.79. The first kappa shape index (κ1) is 18.9. The molecule has 0 radical (unpaired) electrons. The number of likely N-dealkylation sites (tertiary alicyclic amines) is 1. The molecule has 2 unspecified atom stereocenters. The van der Waals surface area contributed by atoms with E-state index in [9.17, 15) is 9.59 Å². The zero-order valence-corrected chi connectivity index (χ0v) is 17.7. The van der Waals surface area contributed by atoms with Gasteiger partial charge in [0.15, 0.2) is 0 Å². The lowest BCUT2D eigenvalue weighted by Crippen LogP contribution is -2.42. The number of hydrogen-bond donors (Lipinski definition) is 0. The van der Waals surface area contributed by atoms with Gasteiger partial charge in [0.25, 0.3) is 11.8 Å². The molecule has 1 aromatic heterocycles. The van der Waals surface area contributed by atoms with Crippen LogP contribution in [-0.4, -0.2) is 29.8 Å². The fourth-order valence-corrected chi connectivity index (χ4v) is 5.24. The first-order valence-corrected chi connectivity index (χ1v) is 10.7. The lowest BCUT2D eigenvalue weighted by atomic mass is 9.91. The van der Waals surface area contributed by atoms with E-state index in [4.69, 9.17) is 0 Å². The van der Waals surface area contributed by atoms with Crippen molar-refractivity contribution in [1.29, 1.82) is 0 Å². The number of nitrogens with zero attached hydrogens (tertiary/aromatic N) is 2. The Balaban J connectivity index is 1.84. The Bertz CT molecular complexity index is 951. The molecule has 28 heavy (non-hydrogen) atoms. The van der Waals surface area contributed by atoms with Crippen molar-refractivity contribution in [3.05, 3.63) is 57.4 Å². The third kappa shape index (κ3) is 3.18. The van der Waals surface area contributed by atoms with Gasteiger partial charge in [-0.2, -0.15) is 0 Å². The summed E-state index contributed by atoms with van der Waals surface area (Å²) >= 11 is 1.52. The molecule has 0 bridgehead atoms. The summed E-state index contributed by atoms with van der Waals surface area (Å²) in [5, 5.41) is 1.96. The van der Waals surface area contributed by atoms with Gasteiger partial charge in [-0.3, -0.25) is 9.59 Å². The summed E-state index contributed by atoms with van der Waals surface area (Å²) < 4.78 is 0. The van der Waals surface area contributed by atoms with Crippen molar-refractivity contribution in [3.8, 4) is 0 Å². The zero-order valence-electron chi connectivity index (χ0n) is 16.9. The molecule has 0 aliphatic carbocycles. The van der Waals surface area contributed by atoms with Gasteiger partial charge >= 0.3 is 0 Å². The second kappa shape index (κ2) is 7.21. The minimum atomic E-state index is -0.206. The Morgan fingerprint density at radius 1 is 1.00 bits per heavy atom. The number of benzene rings is 1. The Morgan fingerprint density at radius 2 is 1.71 bits per heavy atom. The van der Waals surface area contributed by atoms with Gasteiger partial charge in [-0.05, 0) is 60.7 Å². The molecule has 0 saturated carbocycles. The summed E-state index contributed by atoms with van der Waals surface area (Å²) in [4.78, 5) is 31.5. The Morgan fingerprint density at radius 3 is 2.36 bits per heavy atom. The van der Waals surface area contributed by atoms with Crippen molar-refractivity contribution in [1.82, 2.24) is 4.90 Å². The average Bonchev–Trinajstić information content (AvgIpc) is 3.23. The maximum absolute atomic E-state index is 13.6. The van der Waals surface area contributed by atoms with Crippen LogP contribution in [0.5, 0.6) is 0 Å². The SMILES string of the molecule is Cc1ccc(C)c(N2C(=O)C(c3cccs3)=C(N3CC(C)CC(C)C3)C2=O)c1. The minimum absolute atomic E-state index is 0.191. The highest BCUT2D eigenvalue weighted by molar-refractivity contribution is 7.11. The molecule has 2 amide bonds. The Labute approximate surface area is 170 Å². The molecule has 2 aliphatic heterocycles. The van der Waals surface area contributed by atoms with Crippen LogP contribution >= 0.6 is 11.3 Å². The molecule has 1 saturated heterocycles. The van der Waals surface area contributed by atoms with Gasteiger partial charge in [-0.1, -0.05) is 32.0 Å². The summed E-state index contributed by atoms with van der Waals surface area (Å²) in [5.74, 6) is 0.599. The van der Waals surface area contributed by atoms with Crippen molar-refractivity contribution >= 4 is 34.4 Å². The number of amides is 2. The van der Waals surface area contributed by atoms with Crippen LogP contribution in [0.2, 0.25) is 0 Å². The van der Waals surface area contributed by atoms with Gasteiger partial charge < -0.3 is 4.90 Å². The van der Waals surface area contributed by atoms with Crippen molar-refractivity contribution in [3.63, 3.8) is 0 Å². The number of piperidine rings is 1. The number of hydrogen-bond acceptors (Lipinski definition) is 4. The number of imide groups is 1. The molecule has 0 N–H and O–H groups in total. The van der Waals surface area contributed by atoms with Crippen LogP contribution in [0.3, 0.4) is 0 Å². The van der Waals surface area contributed by atoms with E-state index in [1.54, 1.807) is 0 Å². The highest BCUT2D eigenvalue weighted by Gasteiger charge is 2.44. The normalized spacial score (nSPS) is 23.1. The molecule has 146 valence electrons. The fraction of sp³-hybridized carbons (Fsp3) is 0.391. The quantitative estimate of drug-likeness (QED) is 0.713. The average molecular weight is 395 g/mol. The lowest BCUT2D eigenvalue weighted by molar-refractivity contribution is -0.120. The van der Waals surface area contributed by atoms with Crippen LogP contribution in [0.4, 0.5) is 5.69 Å². The molecule has 2 aromatic rings. The second-order valence-electron chi connectivity index (χ2n) is 8.29. The maximum atomic E-state index is 13.6. The first-order chi connectivity index (χ1) is 13.4. The molecule has 1 aromatic carbocycles. The van der Waals surface area contributed by atoms with Crippen LogP contribution in [-0.2, 0) is 9.59 Å². The number of thiophene rings is 1. The van der Waals surface area contributed by atoms with Gasteiger partial charge in [0.1, 0.15) is 5.70 Å². The number of carbonyl (C=O) groups is 2. The van der Waals surface area contributed by atoms with Gasteiger partial charge in [0.05, 0.1) is 11.3 Å². The van der Waals surface area contributed by atoms with Crippen LogP contribution < -0.4 is 4.90 Å². The predicted molar refractivity (Wildman–Crippen MR) is 114 cm³/mol. The predicted octanol–water partition coefficient (Wildman–Crippen LogP) is 4.63. The van der Waals surface area contributed by atoms with E-state index in [1.807, 2.05) is 49.6 Å². The van der Waals surface area contributed by atoms with Crippen molar-refractivity contribution < 1.29 is 9.59 Å². The third-order valence-corrected chi connectivity index (χ3v) is 6.50. The summed E-state index contributed by atoms with van der Waals surface area (Å²) in [6.45, 7) is 10.00. The zero-order chi connectivity index (χ0) is 20.0. The number of aryl methyl sites for hydroxylation is 2. The molecular formula is C23H26N2O2S. The monoisotopic (exact) mass is 394 g/mol. The lowest BCUT2D eigenvalue weighted by Gasteiger charge is -2.37. The van der Waals surface area contributed by atoms with Crippen LogP contribution in [0, 0.1) is 25.7 Å². The van der Waals surface area contributed by atoms with Gasteiger partial charge in [-0.25, -0.2) is 4.90 Å². The highest BCUT2D eigenvalue weighted by atomic mass is 32.1. The van der Waals surface area contributed by atoms with Gasteiger partial charge in [0.2, 0.25) is 0 Å². The summed E-state index contributed by atoms with van der Waals surface area (Å²) in [7, 11) is 0. The molecule has 5 heteroatoms. The first-order valence-electron chi connectivity index (χ1n) is 9.86. The smallest absolute Gasteiger partial charge is 0.282 e. The number of rotatable bonds is 3. The van der Waals surface area contributed by atoms with Crippen molar-refractivity contribution in [2.24, 2.45) is 11.8 Å². The Kier molecular flexibility index (Phi) is 4.88. The minimum Gasteiger partial charge on any atom is -0.366 e. The largest absolute Gasteiger partial charge is 0.366 e. The summed E-state index contributed by atoms with van der Waals surface area (Å²) in [6, 6.07) is 9.78. The third-order valence-electron chi connectivity index (χ3n) is 5.62. The molecule has 1 fully saturated rings. The maximum Gasteiger partial charge on any atom is 0.282 e. The van der Waals surface area contributed by atoms with E-state index in [0.29, 0.717) is 28.8 Å². The van der Waals surface area contributed by atoms with E-state index < -0.39 is 0 Å². The molecule has 3 heterocycles. The fourth-order valence-electron chi connectivity index (χ4n) is 4.48. The summed E-state index contributed by atoms with van der Waals surface area (Å²) in [6.07, 6.45) is 1.15. The molecule has 2 atom stereocenters. The standard InChI is InChI=1S/C23H26N2O2S/c1-14-7-8-17(4)18(11-14)25-22(26)20(19-6-5-9-28-19)21(23(25)27)24-12-15(2)10-16(3)13-24/h5-9,11,15-16H,10,12-13H2,1-4H3. The Hall–Kier alpha value is -2.40. The number of anilines is 1. The molecule has 4 nitrogen and oxygen atoms in total. The topological polar surface area (TPSA) is 40.6 Å². The molecule has 0 spiro atoms. The number of carbonyl (C=O) groups excluding carboxylic acids is 2. The van der Waals surface area contributed by atoms with Gasteiger partial charge in [-0.15, -0.1) is 11.3 Å².